The molecule has 6 nitrogen and oxygen atoms in total. The summed E-state index contributed by atoms with van der Waals surface area (Å²) in [5.74, 6) is 0. The highest BCUT2D eigenvalue weighted by Crippen LogP contribution is 2.28. The summed E-state index contributed by atoms with van der Waals surface area (Å²) in [6, 6.07) is 8.55. The van der Waals surface area contributed by atoms with Crippen molar-refractivity contribution in [1.29, 1.82) is 0 Å². The Hall–Kier alpha value is -2.12. The van der Waals surface area contributed by atoms with Gasteiger partial charge in [-0.2, -0.15) is 4.98 Å². The van der Waals surface area contributed by atoms with Gasteiger partial charge in [0.15, 0.2) is 11.1 Å². The molecule has 0 aliphatic carbocycles. The van der Waals surface area contributed by atoms with Crippen LogP contribution in [0.2, 0.25) is 4.34 Å². The molecule has 0 aliphatic heterocycles. The summed E-state index contributed by atoms with van der Waals surface area (Å²) in [6.45, 7) is 0.498. The first-order valence-corrected chi connectivity index (χ1v) is 6.85. The number of halogens is 1. The van der Waals surface area contributed by atoms with Gasteiger partial charge in [-0.3, -0.25) is 10.1 Å². The van der Waals surface area contributed by atoms with Crippen molar-refractivity contribution in [3.8, 4) is 0 Å². The van der Waals surface area contributed by atoms with Crippen LogP contribution in [0.25, 0.3) is 11.1 Å². The quantitative estimate of drug-likeness (QED) is 0.580. The van der Waals surface area contributed by atoms with Crippen molar-refractivity contribution in [1.82, 2.24) is 4.98 Å². The fourth-order valence-electron chi connectivity index (χ4n) is 1.77. The first-order valence-electron chi connectivity index (χ1n) is 5.65. The number of aromatic nitrogens is 1. The Bertz CT molecular complexity index is 783. The van der Waals surface area contributed by atoms with Crippen LogP contribution in [0.3, 0.4) is 0 Å². The van der Waals surface area contributed by atoms with Crippen molar-refractivity contribution in [3.63, 3.8) is 0 Å². The third kappa shape index (κ3) is 2.45. The normalized spacial score (nSPS) is 10.8. The summed E-state index contributed by atoms with van der Waals surface area (Å²) in [5.41, 5.74) is 0.550. The molecule has 2 heterocycles. The fraction of sp³-hybridized carbons (Fsp3) is 0.0833. The van der Waals surface area contributed by atoms with Gasteiger partial charge in [-0.25, -0.2) is 0 Å². The van der Waals surface area contributed by atoms with Crippen molar-refractivity contribution in [2.45, 2.75) is 6.54 Å². The number of benzene rings is 1. The van der Waals surface area contributed by atoms with Crippen molar-refractivity contribution < 1.29 is 9.34 Å². The first-order chi connectivity index (χ1) is 9.63. The second-order valence-electron chi connectivity index (χ2n) is 3.96. The van der Waals surface area contributed by atoms with Gasteiger partial charge in [-0.15, -0.1) is 11.3 Å². The number of nitro benzene ring substituents is 1. The number of rotatable bonds is 4. The zero-order chi connectivity index (χ0) is 14.1. The molecule has 20 heavy (non-hydrogen) atoms. The molecule has 0 unspecified atom stereocenters. The summed E-state index contributed by atoms with van der Waals surface area (Å²) in [4.78, 5) is 15.5. The van der Waals surface area contributed by atoms with E-state index in [2.05, 4.69) is 10.3 Å². The second-order valence-corrected chi connectivity index (χ2v) is 5.76. The van der Waals surface area contributed by atoms with Gasteiger partial charge < -0.3 is 9.73 Å². The molecule has 0 fully saturated rings. The maximum Gasteiger partial charge on any atom is 0.298 e. The van der Waals surface area contributed by atoms with Crippen LogP contribution in [-0.4, -0.2) is 9.91 Å². The van der Waals surface area contributed by atoms with E-state index in [1.165, 1.54) is 17.4 Å². The SMILES string of the molecule is O=[N+]([O-])c1cccc2oc(NCc3ccc(Cl)s3)nc12. The van der Waals surface area contributed by atoms with Gasteiger partial charge in [0.05, 0.1) is 15.8 Å². The van der Waals surface area contributed by atoms with Crippen LogP contribution >= 0.6 is 22.9 Å². The predicted octanol–water partition coefficient (Wildman–Crippen LogP) is 4.06. The van der Waals surface area contributed by atoms with Crippen LogP contribution in [0.5, 0.6) is 0 Å². The Morgan fingerprint density at radius 2 is 2.25 bits per heavy atom. The number of thiophene rings is 1. The van der Waals surface area contributed by atoms with Gasteiger partial charge in [0.1, 0.15) is 0 Å². The minimum Gasteiger partial charge on any atom is -0.423 e. The molecule has 3 rings (SSSR count). The third-order valence-corrected chi connectivity index (χ3v) is 3.87. The lowest BCUT2D eigenvalue weighted by molar-refractivity contribution is -0.383. The zero-order valence-corrected chi connectivity index (χ0v) is 11.6. The smallest absolute Gasteiger partial charge is 0.298 e. The Kier molecular flexibility index (Phi) is 3.29. The lowest BCUT2D eigenvalue weighted by Gasteiger charge is -1.97. The van der Waals surface area contributed by atoms with Gasteiger partial charge >= 0.3 is 0 Å². The lowest BCUT2D eigenvalue weighted by atomic mass is 10.3. The number of oxazole rings is 1. The molecule has 3 aromatic rings. The van der Waals surface area contributed by atoms with Crippen molar-refractivity contribution in [2.75, 3.05) is 5.32 Å². The van der Waals surface area contributed by atoms with Crippen LogP contribution in [0.1, 0.15) is 4.88 Å². The van der Waals surface area contributed by atoms with Crippen LogP contribution in [-0.2, 0) is 6.54 Å². The van der Waals surface area contributed by atoms with E-state index >= 15 is 0 Å². The Morgan fingerprint density at radius 1 is 1.40 bits per heavy atom. The van der Waals surface area contributed by atoms with E-state index in [9.17, 15) is 10.1 Å². The predicted molar refractivity (Wildman–Crippen MR) is 77.3 cm³/mol. The first kappa shape index (κ1) is 12.9. The summed E-state index contributed by atoms with van der Waals surface area (Å²) in [5, 5.41) is 13.9. The molecular formula is C12H8ClN3O3S. The number of hydrogen-bond acceptors (Lipinski definition) is 6. The monoisotopic (exact) mass is 309 g/mol. The number of nitro groups is 1. The molecule has 0 amide bonds. The molecule has 0 aliphatic rings. The minimum absolute atomic E-state index is 0.0709. The Morgan fingerprint density at radius 3 is 2.95 bits per heavy atom. The maximum atomic E-state index is 10.9. The third-order valence-electron chi connectivity index (χ3n) is 2.64. The number of para-hydroxylation sites is 1. The average Bonchev–Trinajstić information content (AvgIpc) is 3.01. The van der Waals surface area contributed by atoms with Crippen molar-refractivity contribution >= 4 is 45.7 Å². The molecule has 1 aromatic carbocycles. The summed E-state index contributed by atoms with van der Waals surface area (Å²) in [6.07, 6.45) is 0. The number of fused-ring (bicyclic) bond motifs is 1. The van der Waals surface area contributed by atoms with Crippen molar-refractivity contribution in [2.24, 2.45) is 0 Å². The number of hydrogen-bond donors (Lipinski definition) is 1. The van der Waals surface area contributed by atoms with Gasteiger partial charge in [0, 0.05) is 10.9 Å². The van der Waals surface area contributed by atoms with E-state index in [4.69, 9.17) is 16.0 Å². The second kappa shape index (κ2) is 5.10. The maximum absolute atomic E-state index is 10.9. The molecule has 0 atom stereocenters. The van der Waals surface area contributed by atoms with Gasteiger partial charge in [0.2, 0.25) is 0 Å². The summed E-state index contributed by atoms with van der Waals surface area (Å²) >= 11 is 7.29. The molecule has 0 radical (unpaired) electrons. The number of non-ortho nitro benzene ring substituents is 1. The largest absolute Gasteiger partial charge is 0.423 e. The molecule has 8 heteroatoms. The van der Waals surface area contributed by atoms with Crippen LogP contribution in [0.15, 0.2) is 34.7 Å². The molecular weight excluding hydrogens is 302 g/mol. The molecule has 2 aromatic heterocycles. The summed E-state index contributed by atoms with van der Waals surface area (Å²) in [7, 11) is 0. The molecule has 0 spiro atoms. The Labute approximate surface area is 122 Å². The van der Waals surface area contributed by atoms with Crippen LogP contribution in [0, 0.1) is 10.1 Å². The van der Waals surface area contributed by atoms with Crippen molar-refractivity contribution in [3.05, 3.63) is 49.7 Å². The molecule has 102 valence electrons. The van der Waals surface area contributed by atoms with E-state index in [0.29, 0.717) is 16.5 Å². The van der Waals surface area contributed by atoms with E-state index < -0.39 is 4.92 Å². The topological polar surface area (TPSA) is 81.2 Å². The van der Waals surface area contributed by atoms with E-state index in [1.54, 1.807) is 18.2 Å². The number of anilines is 1. The minimum atomic E-state index is -0.478. The molecule has 1 N–H and O–H groups in total. The highest BCUT2D eigenvalue weighted by Gasteiger charge is 2.17. The van der Waals surface area contributed by atoms with Crippen LogP contribution in [0.4, 0.5) is 11.7 Å². The van der Waals surface area contributed by atoms with Gasteiger partial charge in [-0.1, -0.05) is 17.7 Å². The lowest BCUT2D eigenvalue weighted by Crippen LogP contribution is -1.97. The number of nitrogens with one attached hydrogen (secondary N) is 1. The van der Waals surface area contributed by atoms with Gasteiger partial charge in [0.25, 0.3) is 11.7 Å². The molecule has 0 saturated heterocycles. The highest BCUT2D eigenvalue weighted by molar-refractivity contribution is 7.16. The summed E-state index contributed by atoms with van der Waals surface area (Å²) < 4.78 is 6.14. The standard InChI is InChI=1S/C12H8ClN3O3S/c13-10-5-4-7(20-10)6-14-12-15-11-8(16(17)18)2-1-3-9(11)19-12/h1-5H,6H2,(H,14,15). The average molecular weight is 310 g/mol. The van der Waals surface area contributed by atoms with Gasteiger partial charge in [-0.05, 0) is 18.2 Å². The molecule has 0 bridgehead atoms. The van der Waals surface area contributed by atoms with E-state index in [-0.39, 0.29) is 17.2 Å². The van der Waals surface area contributed by atoms with E-state index in [0.717, 1.165) is 4.88 Å². The fourth-order valence-corrected chi connectivity index (χ4v) is 2.79. The molecule has 0 saturated carbocycles. The Balaban J connectivity index is 1.86. The number of nitrogens with zero attached hydrogens (tertiary/aromatic N) is 2. The van der Waals surface area contributed by atoms with E-state index in [1.807, 2.05) is 6.07 Å². The van der Waals surface area contributed by atoms with Crippen LogP contribution < -0.4 is 5.32 Å². The highest BCUT2D eigenvalue weighted by atomic mass is 35.5. The zero-order valence-electron chi connectivity index (χ0n) is 10.00.